The number of hydrogen-bond acceptors (Lipinski definition) is 7. The highest BCUT2D eigenvalue weighted by Crippen LogP contribution is 2.44. The lowest BCUT2D eigenvalue weighted by Crippen LogP contribution is -2.54. The molecule has 3 fully saturated rings. The summed E-state index contributed by atoms with van der Waals surface area (Å²) in [4.78, 5) is 12.1. The molecular weight excluding hydrogens is 328 g/mol. The van der Waals surface area contributed by atoms with Gasteiger partial charge in [0.25, 0.3) is 0 Å². The van der Waals surface area contributed by atoms with Crippen molar-refractivity contribution in [1.29, 1.82) is 0 Å². The molecule has 7 nitrogen and oxygen atoms in total. The SMILES string of the molecule is C/C(=C\[C@H]1O[C@@H]2OC(C)(C)O[C@@H]2[C@H]2OC(C)(C)O[C@H]21)C(=O)OC(C)C. The summed E-state index contributed by atoms with van der Waals surface area (Å²) in [5.41, 5.74) is 0.461. The summed E-state index contributed by atoms with van der Waals surface area (Å²) >= 11 is 0. The Morgan fingerprint density at radius 2 is 1.52 bits per heavy atom. The van der Waals surface area contributed by atoms with E-state index >= 15 is 0 Å². The smallest absolute Gasteiger partial charge is 0.333 e. The molecule has 0 bridgehead atoms. The van der Waals surface area contributed by atoms with Gasteiger partial charge >= 0.3 is 5.97 Å². The summed E-state index contributed by atoms with van der Waals surface area (Å²) in [7, 11) is 0. The van der Waals surface area contributed by atoms with Crippen molar-refractivity contribution < 1.29 is 33.2 Å². The summed E-state index contributed by atoms with van der Waals surface area (Å²) < 4.78 is 35.1. The van der Waals surface area contributed by atoms with Crippen LogP contribution in [0, 0.1) is 0 Å². The maximum absolute atomic E-state index is 12.1. The van der Waals surface area contributed by atoms with Gasteiger partial charge in [-0.05, 0) is 54.5 Å². The van der Waals surface area contributed by atoms with Crippen LogP contribution in [0.25, 0.3) is 0 Å². The van der Waals surface area contributed by atoms with E-state index < -0.39 is 30.1 Å². The molecule has 142 valence electrons. The Labute approximate surface area is 148 Å². The number of rotatable bonds is 3. The number of carbonyl (C=O) groups excluding carboxylic acids is 1. The molecule has 3 aliphatic heterocycles. The van der Waals surface area contributed by atoms with E-state index in [1.54, 1.807) is 13.0 Å². The summed E-state index contributed by atoms with van der Waals surface area (Å²) in [6.45, 7) is 12.7. The second-order valence-electron chi connectivity index (χ2n) is 7.94. The van der Waals surface area contributed by atoms with E-state index in [1.165, 1.54) is 0 Å². The highest BCUT2D eigenvalue weighted by atomic mass is 16.9. The van der Waals surface area contributed by atoms with Crippen LogP contribution >= 0.6 is 0 Å². The van der Waals surface area contributed by atoms with Crippen LogP contribution in [0.3, 0.4) is 0 Å². The van der Waals surface area contributed by atoms with Crippen molar-refractivity contribution in [2.45, 2.75) is 96.9 Å². The van der Waals surface area contributed by atoms with Crippen LogP contribution in [0.5, 0.6) is 0 Å². The van der Waals surface area contributed by atoms with Crippen LogP contribution in [0.4, 0.5) is 0 Å². The summed E-state index contributed by atoms with van der Waals surface area (Å²) in [5, 5.41) is 0. The van der Waals surface area contributed by atoms with E-state index in [-0.39, 0.29) is 24.3 Å². The van der Waals surface area contributed by atoms with E-state index in [1.807, 2.05) is 41.5 Å². The second-order valence-corrected chi connectivity index (χ2v) is 7.94. The Bertz CT molecular complexity index is 566. The fourth-order valence-electron chi connectivity index (χ4n) is 3.40. The van der Waals surface area contributed by atoms with E-state index in [4.69, 9.17) is 28.4 Å². The average molecular weight is 356 g/mol. The lowest BCUT2D eigenvalue weighted by Gasteiger charge is -2.36. The molecular formula is C18H28O7. The van der Waals surface area contributed by atoms with E-state index in [9.17, 15) is 4.79 Å². The van der Waals surface area contributed by atoms with Crippen LogP contribution in [0.2, 0.25) is 0 Å². The molecule has 0 amide bonds. The monoisotopic (exact) mass is 356 g/mol. The van der Waals surface area contributed by atoms with Gasteiger partial charge in [-0.25, -0.2) is 4.79 Å². The molecule has 0 N–H and O–H groups in total. The van der Waals surface area contributed by atoms with Gasteiger partial charge in [-0.3, -0.25) is 0 Å². The molecule has 0 unspecified atom stereocenters. The normalized spacial score (nSPS) is 39.2. The summed E-state index contributed by atoms with van der Waals surface area (Å²) in [6, 6.07) is 0. The van der Waals surface area contributed by atoms with Gasteiger partial charge in [-0.15, -0.1) is 0 Å². The number of ether oxygens (including phenoxy) is 6. The van der Waals surface area contributed by atoms with Gasteiger partial charge in [0.2, 0.25) is 0 Å². The molecule has 0 aromatic carbocycles. The number of carbonyl (C=O) groups is 1. The quantitative estimate of drug-likeness (QED) is 0.567. The third-order valence-electron chi connectivity index (χ3n) is 4.27. The molecule has 7 heteroatoms. The topological polar surface area (TPSA) is 72.5 Å². The summed E-state index contributed by atoms with van der Waals surface area (Å²) in [5.74, 6) is -1.90. The first-order valence-corrected chi connectivity index (χ1v) is 8.73. The van der Waals surface area contributed by atoms with E-state index in [0.717, 1.165) is 0 Å². The van der Waals surface area contributed by atoms with Gasteiger partial charge in [0.15, 0.2) is 17.9 Å². The molecule has 0 aromatic rings. The first-order valence-electron chi connectivity index (χ1n) is 8.73. The zero-order valence-corrected chi connectivity index (χ0v) is 15.9. The van der Waals surface area contributed by atoms with Gasteiger partial charge in [0.05, 0.1) is 6.10 Å². The molecule has 0 saturated carbocycles. The van der Waals surface area contributed by atoms with Crippen LogP contribution in [0.1, 0.15) is 48.5 Å². The molecule has 5 atom stereocenters. The van der Waals surface area contributed by atoms with Crippen molar-refractivity contribution in [3.05, 3.63) is 11.6 Å². The standard InChI is InChI=1S/C18H28O7/c1-9(2)20-15(19)10(3)8-11-12-13(23-17(4,5)22-12)14-16(21-11)25-18(6,7)24-14/h8-9,11-14,16H,1-7H3/b10-8+/t11-,12+,13+,14-,16-/m1/s1. The van der Waals surface area contributed by atoms with Crippen LogP contribution in [-0.4, -0.2) is 54.4 Å². The Morgan fingerprint density at radius 1 is 0.960 bits per heavy atom. The Balaban J connectivity index is 1.83. The predicted octanol–water partition coefficient (Wildman–Crippen LogP) is 2.28. The minimum absolute atomic E-state index is 0.183. The number of fused-ring (bicyclic) bond motifs is 3. The van der Waals surface area contributed by atoms with Gasteiger partial charge in [0, 0.05) is 5.57 Å². The number of hydrogen-bond donors (Lipinski definition) is 0. The van der Waals surface area contributed by atoms with Crippen LogP contribution in [0.15, 0.2) is 11.6 Å². The molecule has 0 spiro atoms. The average Bonchev–Trinajstić information content (AvgIpc) is 2.92. The largest absolute Gasteiger partial charge is 0.460 e. The van der Waals surface area contributed by atoms with Gasteiger partial charge < -0.3 is 28.4 Å². The molecule has 3 saturated heterocycles. The molecule has 0 aromatic heterocycles. The lowest BCUT2D eigenvalue weighted by molar-refractivity contribution is -0.222. The van der Waals surface area contributed by atoms with Crippen molar-refractivity contribution in [3.63, 3.8) is 0 Å². The first kappa shape index (κ1) is 18.8. The van der Waals surface area contributed by atoms with Crippen LogP contribution < -0.4 is 0 Å². The maximum Gasteiger partial charge on any atom is 0.333 e. The van der Waals surface area contributed by atoms with Gasteiger partial charge in [0.1, 0.15) is 24.4 Å². The fourth-order valence-corrected chi connectivity index (χ4v) is 3.40. The minimum Gasteiger partial charge on any atom is -0.460 e. The zero-order valence-electron chi connectivity index (χ0n) is 15.9. The molecule has 3 aliphatic rings. The van der Waals surface area contributed by atoms with Gasteiger partial charge in [-0.1, -0.05) is 0 Å². The van der Waals surface area contributed by atoms with E-state index in [0.29, 0.717) is 5.57 Å². The third-order valence-corrected chi connectivity index (χ3v) is 4.27. The summed E-state index contributed by atoms with van der Waals surface area (Å²) in [6.07, 6.45) is -0.653. The van der Waals surface area contributed by atoms with Crippen molar-refractivity contribution in [3.8, 4) is 0 Å². The van der Waals surface area contributed by atoms with Crippen molar-refractivity contribution in [2.24, 2.45) is 0 Å². The van der Waals surface area contributed by atoms with Gasteiger partial charge in [-0.2, -0.15) is 0 Å². The maximum atomic E-state index is 12.1. The number of esters is 1. The molecule has 3 heterocycles. The molecule has 0 aliphatic carbocycles. The predicted molar refractivity (Wildman–Crippen MR) is 87.5 cm³/mol. The Kier molecular flexibility index (Phi) is 4.75. The third kappa shape index (κ3) is 3.90. The first-order chi connectivity index (χ1) is 11.5. The molecule has 0 radical (unpaired) electrons. The van der Waals surface area contributed by atoms with Crippen molar-refractivity contribution in [2.75, 3.05) is 0 Å². The second kappa shape index (κ2) is 6.32. The molecule has 3 rings (SSSR count). The van der Waals surface area contributed by atoms with Crippen LogP contribution in [-0.2, 0) is 33.2 Å². The van der Waals surface area contributed by atoms with Crippen molar-refractivity contribution >= 4 is 5.97 Å². The van der Waals surface area contributed by atoms with Crippen molar-refractivity contribution in [1.82, 2.24) is 0 Å². The molecule has 25 heavy (non-hydrogen) atoms. The minimum atomic E-state index is -0.764. The Hall–Kier alpha value is -0.990. The Morgan fingerprint density at radius 3 is 2.16 bits per heavy atom. The highest BCUT2D eigenvalue weighted by Gasteiger charge is 2.60. The lowest BCUT2D eigenvalue weighted by atomic mass is 9.97. The zero-order chi connectivity index (χ0) is 18.6. The van der Waals surface area contributed by atoms with E-state index in [2.05, 4.69) is 0 Å². The highest BCUT2D eigenvalue weighted by molar-refractivity contribution is 5.87. The fraction of sp³-hybridized carbons (Fsp3) is 0.833.